The van der Waals surface area contributed by atoms with Gasteiger partial charge in [-0.3, -0.25) is 14.2 Å². The van der Waals surface area contributed by atoms with Gasteiger partial charge in [0.25, 0.3) is 5.56 Å². The number of nitrogens with zero attached hydrogens (tertiary/aromatic N) is 2. The number of benzene rings is 2. The molecule has 1 N–H and O–H groups in total. The number of hydrogen-bond acceptors (Lipinski definition) is 4. The lowest BCUT2D eigenvalue weighted by Gasteiger charge is -2.21. The summed E-state index contributed by atoms with van der Waals surface area (Å²) in [5.74, 6) is -1.49. The molecule has 0 saturated heterocycles. The molecule has 0 atom stereocenters. The molecule has 1 aliphatic rings. The molecule has 2 aromatic carbocycles. The number of carbonyl (C=O) groups excluding carboxylic acids is 1. The van der Waals surface area contributed by atoms with Crippen molar-refractivity contribution in [2.45, 2.75) is 52.5 Å². The Kier molecular flexibility index (Phi) is 6.71. The lowest BCUT2D eigenvalue weighted by Crippen LogP contribution is -2.33. The van der Waals surface area contributed by atoms with Crippen LogP contribution in [0.2, 0.25) is 5.02 Å². The highest BCUT2D eigenvalue weighted by atomic mass is 35.5. The first-order valence-corrected chi connectivity index (χ1v) is 11.4. The van der Waals surface area contributed by atoms with Gasteiger partial charge in [-0.05, 0) is 56.2 Å². The fraction of sp³-hybridized carbons (Fsp3) is 0.308. The summed E-state index contributed by atoms with van der Waals surface area (Å²) in [5, 5.41) is 9.79. The topological polar surface area (TPSA) is 71.8 Å². The number of pyridine rings is 1. The van der Waals surface area contributed by atoms with Crippen LogP contribution in [-0.4, -0.2) is 26.1 Å². The van der Waals surface area contributed by atoms with Crippen molar-refractivity contribution in [3.05, 3.63) is 91.9 Å². The second kappa shape index (κ2) is 9.43. The van der Waals surface area contributed by atoms with E-state index in [9.17, 15) is 23.5 Å². The SMILES string of the molecule is Cc1cc(OCc2ccc(F)cc2F)c(Cl)c(=O)n1-c1ccc2c(c1)CN(C(=O)CC(C)(C)O)C2. The van der Waals surface area contributed by atoms with Crippen molar-refractivity contribution in [1.29, 1.82) is 0 Å². The largest absolute Gasteiger partial charge is 0.487 e. The van der Waals surface area contributed by atoms with E-state index in [0.29, 0.717) is 24.5 Å². The number of rotatable bonds is 6. The molecule has 1 aliphatic heterocycles. The number of amides is 1. The van der Waals surface area contributed by atoms with E-state index >= 15 is 0 Å². The third kappa shape index (κ3) is 5.39. The summed E-state index contributed by atoms with van der Waals surface area (Å²) in [4.78, 5) is 27.3. The molecule has 0 bridgehead atoms. The van der Waals surface area contributed by atoms with Crippen LogP contribution in [0, 0.1) is 18.6 Å². The third-order valence-corrected chi connectivity index (χ3v) is 6.15. The summed E-state index contributed by atoms with van der Waals surface area (Å²) in [6, 6.07) is 10.2. The fourth-order valence-corrected chi connectivity index (χ4v) is 4.27. The first kappa shape index (κ1) is 24.9. The number of aryl methyl sites for hydroxylation is 1. The average Bonchev–Trinajstić information content (AvgIpc) is 3.19. The van der Waals surface area contributed by atoms with E-state index in [2.05, 4.69) is 0 Å². The van der Waals surface area contributed by atoms with Crippen LogP contribution in [0.3, 0.4) is 0 Å². The first-order valence-electron chi connectivity index (χ1n) is 11.0. The molecule has 4 rings (SSSR count). The molecule has 0 fully saturated rings. The monoisotopic (exact) mass is 502 g/mol. The number of carbonyl (C=O) groups is 1. The maximum absolute atomic E-state index is 13.9. The lowest BCUT2D eigenvalue weighted by atomic mass is 10.1. The number of hydrogen-bond donors (Lipinski definition) is 1. The molecule has 0 aliphatic carbocycles. The number of aromatic nitrogens is 1. The van der Waals surface area contributed by atoms with Gasteiger partial charge in [-0.1, -0.05) is 17.7 Å². The Morgan fingerprint density at radius 2 is 1.83 bits per heavy atom. The van der Waals surface area contributed by atoms with Crippen molar-refractivity contribution in [3.8, 4) is 11.4 Å². The Balaban J connectivity index is 1.57. The van der Waals surface area contributed by atoms with E-state index in [1.165, 1.54) is 10.6 Å². The van der Waals surface area contributed by atoms with Crippen LogP contribution in [0.15, 0.2) is 47.3 Å². The summed E-state index contributed by atoms with van der Waals surface area (Å²) in [6.07, 6.45) is 0.0192. The van der Waals surface area contributed by atoms with Crippen LogP contribution < -0.4 is 10.3 Å². The van der Waals surface area contributed by atoms with Gasteiger partial charge in [0.05, 0.1) is 12.0 Å². The fourth-order valence-electron chi connectivity index (χ4n) is 4.08. The predicted octanol–water partition coefficient (Wildman–Crippen LogP) is 4.66. The van der Waals surface area contributed by atoms with Gasteiger partial charge in [0, 0.05) is 42.2 Å². The molecule has 0 unspecified atom stereocenters. The highest BCUT2D eigenvalue weighted by Crippen LogP contribution is 2.29. The zero-order valence-electron chi connectivity index (χ0n) is 19.6. The van der Waals surface area contributed by atoms with Gasteiger partial charge in [0.1, 0.15) is 29.0 Å². The molecule has 0 radical (unpaired) electrons. The molecular weight excluding hydrogens is 478 g/mol. The van der Waals surface area contributed by atoms with Crippen molar-refractivity contribution in [3.63, 3.8) is 0 Å². The van der Waals surface area contributed by atoms with Crippen LogP contribution in [-0.2, 0) is 24.5 Å². The second-order valence-corrected chi connectivity index (χ2v) is 9.70. The minimum atomic E-state index is -1.09. The standard InChI is InChI=1S/C26H25ClF2N2O4/c1-15-8-22(35-14-17-4-6-19(28)10-21(17)29)24(27)25(33)31(15)20-7-5-16-12-30(13-18(16)9-20)23(32)11-26(2,3)34/h4-10,34H,11-14H2,1-3H3. The minimum Gasteiger partial charge on any atom is -0.487 e. The third-order valence-electron chi connectivity index (χ3n) is 5.81. The zero-order valence-corrected chi connectivity index (χ0v) is 20.3. The van der Waals surface area contributed by atoms with E-state index in [4.69, 9.17) is 16.3 Å². The smallest absolute Gasteiger partial charge is 0.277 e. The van der Waals surface area contributed by atoms with E-state index < -0.39 is 22.8 Å². The van der Waals surface area contributed by atoms with Gasteiger partial charge in [0.2, 0.25) is 5.91 Å². The van der Waals surface area contributed by atoms with Gasteiger partial charge < -0.3 is 14.7 Å². The molecule has 6 nitrogen and oxygen atoms in total. The predicted molar refractivity (Wildman–Crippen MR) is 128 cm³/mol. The molecule has 3 aromatic rings. The molecule has 1 amide bonds. The maximum Gasteiger partial charge on any atom is 0.277 e. The minimum absolute atomic E-state index is 0.0192. The van der Waals surface area contributed by atoms with Crippen molar-refractivity contribution in [1.82, 2.24) is 9.47 Å². The Bertz CT molecular complexity index is 1360. The summed E-state index contributed by atoms with van der Waals surface area (Å²) in [5.41, 5.74) is 1.53. The van der Waals surface area contributed by atoms with Crippen LogP contribution in [0.4, 0.5) is 8.78 Å². The van der Waals surface area contributed by atoms with Crippen LogP contribution in [0.1, 0.15) is 42.7 Å². The lowest BCUT2D eigenvalue weighted by molar-refractivity contribution is -0.135. The normalized spacial score (nSPS) is 13.2. The van der Waals surface area contributed by atoms with E-state index in [1.807, 2.05) is 12.1 Å². The molecule has 35 heavy (non-hydrogen) atoms. The Hall–Kier alpha value is -3.23. The quantitative estimate of drug-likeness (QED) is 0.532. The van der Waals surface area contributed by atoms with Gasteiger partial charge in [-0.2, -0.15) is 0 Å². The van der Waals surface area contributed by atoms with E-state index in [0.717, 1.165) is 23.3 Å². The van der Waals surface area contributed by atoms with Crippen molar-refractivity contribution in [2.75, 3.05) is 0 Å². The highest BCUT2D eigenvalue weighted by Gasteiger charge is 2.28. The Morgan fingerprint density at radius 3 is 2.51 bits per heavy atom. The van der Waals surface area contributed by atoms with Crippen LogP contribution >= 0.6 is 11.6 Å². The zero-order chi connectivity index (χ0) is 25.5. The molecule has 0 spiro atoms. The van der Waals surface area contributed by atoms with Gasteiger partial charge in [-0.15, -0.1) is 0 Å². The number of halogens is 3. The second-order valence-electron chi connectivity index (χ2n) is 9.32. The van der Waals surface area contributed by atoms with Gasteiger partial charge in [0.15, 0.2) is 0 Å². The summed E-state index contributed by atoms with van der Waals surface area (Å²) >= 11 is 6.31. The summed E-state index contributed by atoms with van der Waals surface area (Å²) < 4.78 is 34.0. The number of fused-ring (bicyclic) bond motifs is 1. The van der Waals surface area contributed by atoms with Crippen LogP contribution in [0.5, 0.6) is 5.75 Å². The van der Waals surface area contributed by atoms with E-state index in [1.54, 1.807) is 37.8 Å². The Morgan fingerprint density at radius 1 is 1.11 bits per heavy atom. The van der Waals surface area contributed by atoms with Gasteiger partial charge >= 0.3 is 0 Å². The summed E-state index contributed by atoms with van der Waals surface area (Å²) in [6.45, 7) is 5.50. The molecule has 9 heteroatoms. The molecular formula is C26H25ClF2N2O4. The Labute approximate surface area is 206 Å². The van der Waals surface area contributed by atoms with Crippen molar-refractivity contribution >= 4 is 17.5 Å². The molecule has 184 valence electrons. The summed E-state index contributed by atoms with van der Waals surface area (Å²) in [7, 11) is 0. The number of ether oxygens (including phenoxy) is 1. The van der Waals surface area contributed by atoms with Crippen molar-refractivity contribution in [2.24, 2.45) is 0 Å². The van der Waals surface area contributed by atoms with Crippen molar-refractivity contribution < 1.29 is 23.4 Å². The number of aliphatic hydroxyl groups is 1. The molecule has 0 saturated carbocycles. The van der Waals surface area contributed by atoms with E-state index in [-0.39, 0.29) is 35.3 Å². The molecule has 2 heterocycles. The average molecular weight is 503 g/mol. The highest BCUT2D eigenvalue weighted by molar-refractivity contribution is 6.31. The van der Waals surface area contributed by atoms with Crippen LogP contribution in [0.25, 0.3) is 5.69 Å². The first-order chi connectivity index (χ1) is 16.4. The van der Waals surface area contributed by atoms with Gasteiger partial charge in [-0.25, -0.2) is 8.78 Å². The maximum atomic E-state index is 13.9. The molecule has 1 aromatic heterocycles.